The number of carbonyl (C=O) groups is 2. The van der Waals surface area contributed by atoms with Crippen LogP contribution in [0.4, 0.5) is 10.1 Å². The highest BCUT2D eigenvalue weighted by molar-refractivity contribution is 7.97. The number of hydrogen-bond acceptors (Lipinski definition) is 7. The number of fused-ring (bicyclic) bond motifs is 2. The Morgan fingerprint density at radius 1 is 1.34 bits per heavy atom. The largest absolute Gasteiger partial charge is 0.489 e. The number of nitrogens with one attached hydrogen (secondary N) is 2. The number of likely N-dealkylation sites (tertiary alicyclic amines) is 1. The van der Waals surface area contributed by atoms with Crippen LogP contribution in [0.5, 0.6) is 5.75 Å². The Morgan fingerprint density at radius 2 is 2.14 bits per heavy atom. The number of nitrogens with zero attached hydrogens (tertiary/aromatic N) is 3. The zero-order chi connectivity index (χ0) is 24.9. The first-order chi connectivity index (χ1) is 16.7. The van der Waals surface area contributed by atoms with Crippen molar-refractivity contribution in [2.24, 2.45) is 12.5 Å². The standard InChI is InChI=1S/C24H26FN5O4S/c1-13-7-15(5-6-16(13)25)27-22(31)20-21-17(8-29(20)4)35-28-18-9-30(10-24(18,3)11-33-21)23(32)19-14(2)34-12-26-19/h5-8,12,18,28H,9-11H2,1-4H3,(H,27,31). The van der Waals surface area contributed by atoms with Crippen LogP contribution < -0.4 is 14.8 Å². The smallest absolute Gasteiger partial charge is 0.276 e. The molecule has 2 N–H and O–H groups in total. The molecule has 0 aliphatic carbocycles. The average Bonchev–Trinajstić information content (AvgIpc) is 3.47. The molecule has 2 aliphatic heterocycles. The number of carbonyl (C=O) groups excluding carboxylic acids is 2. The molecular formula is C24H26FN5O4S. The number of oxazole rings is 1. The highest BCUT2D eigenvalue weighted by atomic mass is 32.2. The molecule has 2 amide bonds. The van der Waals surface area contributed by atoms with Gasteiger partial charge < -0.3 is 23.9 Å². The van der Waals surface area contributed by atoms with E-state index in [0.717, 1.165) is 4.90 Å². The molecule has 1 saturated heterocycles. The summed E-state index contributed by atoms with van der Waals surface area (Å²) in [6.07, 6.45) is 3.11. The van der Waals surface area contributed by atoms with Gasteiger partial charge in [0, 0.05) is 43.5 Å². The van der Waals surface area contributed by atoms with Crippen molar-refractivity contribution in [2.75, 3.05) is 25.0 Å². The van der Waals surface area contributed by atoms with Crippen LogP contribution in [0, 0.1) is 25.1 Å². The molecule has 2 aliphatic rings. The SMILES string of the molecule is Cc1cc(NC(=O)c2c3c(cn2C)SNC2CN(C(=O)c4ncoc4C)CC2(C)CO3)ccc1F. The Kier molecular flexibility index (Phi) is 5.84. The molecule has 3 aromatic rings. The minimum absolute atomic E-state index is 0.0310. The van der Waals surface area contributed by atoms with Crippen LogP contribution in [0.1, 0.15) is 39.2 Å². The zero-order valence-electron chi connectivity index (χ0n) is 19.8. The molecule has 184 valence electrons. The summed E-state index contributed by atoms with van der Waals surface area (Å²) >= 11 is 1.38. The first-order valence-corrected chi connectivity index (χ1v) is 12.0. The lowest BCUT2D eigenvalue weighted by molar-refractivity contribution is 0.0751. The molecule has 0 saturated carbocycles. The quantitative estimate of drug-likeness (QED) is 0.532. The van der Waals surface area contributed by atoms with E-state index in [0.29, 0.717) is 53.8 Å². The minimum atomic E-state index is -0.393. The summed E-state index contributed by atoms with van der Waals surface area (Å²) in [5.41, 5.74) is 1.23. The van der Waals surface area contributed by atoms with Crippen molar-refractivity contribution in [3.8, 4) is 5.75 Å². The Bertz CT molecular complexity index is 1320. The van der Waals surface area contributed by atoms with Crippen LogP contribution in [0.15, 0.2) is 40.1 Å². The fraction of sp³-hybridized carbons (Fsp3) is 0.375. The Hall–Kier alpha value is -3.31. The maximum atomic E-state index is 13.6. The summed E-state index contributed by atoms with van der Waals surface area (Å²) in [4.78, 5) is 32.8. The van der Waals surface area contributed by atoms with Gasteiger partial charge in [-0.15, -0.1) is 0 Å². The van der Waals surface area contributed by atoms with E-state index in [1.807, 2.05) is 6.20 Å². The molecule has 9 nitrogen and oxygen atoms in total. The van der Waals surface area contributed by atoms with Gasteiger partial charge in [0.1, 0.15) is 11.6 Å². The third-order valence-electron chi connectivity index (χ3n) is 6.62. The Labute approximate surface area is 206 Å². The normalized spacial score (nSPS) is 21.5. The Balaban J connectivity index is 1.36. The van der Waals surface area contributed by atoms with Gasteiger partial charge in [-0.3, -0.25) is 14.3 Å². The molecule has 0 radical (unpaired) electrons. The molecule has 11 heteroatoms. The molecule has 35 heavy (non-hydrogen) atoms. The van der Waals surface area contributed by atoms with Gasteiger partial charge in [-0.2, -0.15) is 0 Å². The van der Waals surface area contributed by atoms with E-state index in [2.05, 4.69) is 21.9 Å². The molecule has 1 aromatic carbocycles. The van der Waals surface area contributed by atoms with Crippen molar-refractivity contribution in [3.63, 3.8) is 0 Å². The fourth-order valence-electron chi connectivity index (χ4n) is 4.53. The van der Waals surface area contributed by atoms with Crippen molar-refractivity contribution in [1.82, 2.24) is 19.2 Å². The summed E-state index contributed by atoms with van der Waals surface area (Å²) in [5, 5.41) is 2.83. The lowest BCUT2D eigenvalue weighted by atomic mass is 9.87. The second-order valence-corrected chi connectivity index (χ2v) is 10.2. The number of rotatable bonds is 3. The van der Waals surface area contributed by atoms with Crippen LogP contribution in [0.3, 0.4) is 0 Å². The maximum Gasteiger partial charge on any atom is 0.276 e. The lowest BCUT2D eigenvalue weighted by Crippen LogP contribution is -2.44. The van der Waals surface area contributed by atoms with Crippen molar-refractivity contribution in [1.29, 1.82) is 0 Å². The van der Waals surface area contributed by atoms with Crippen LogP contribution in [-0.4, -0.2) is 52.0 Å². The second-order valence-electron chi connectivity index (χ2n) is 9.36. The zero-order valence-corrected chi connectivity index (χ0v) is 20.7. The topological polar surface area (TPSA) is 102 Å². The third-order valence-corrected chi connectivity index (χ3v) is 7.53. The summed E-state index contributed by atoms with van der Waals surface area (Å²) in [5.74, 6) is 0.0980. The molecule has 2 atom stereocenters. The van der Waals surface area contributed by atoms with E-state index < -0.39 is 5.41 Å². The third kappa shape index (κ3) is 4.19. The number of ether oxygens (including phenoxy) is 1. The van der Waals surface area contributed by atoms with Crippen LogP contribution in [-0.2, 0) is 7.05 Å². The molecule has 4 heterocycles. The van der Waals surface area contributed by atoms with Crippen LogP contribution in [0.25, 0.3) is 0 Å². The summed E-state index contributed by atoms with van der Waals surface area (Å²) in [7, 11) is 1.78. The number of aromatic nitrogens is 2. The van der Waals surface area contributed by atoms with Gasteiger partial charge in [0.25, 0.3) is 11.8 Å². The number of hydrogen-bond donors (Lipinski definition) is 2. The number of amides is 2. The van der Waals surface area contributed by atoms with Gasteiger partial charge >= 0.3 is 0 Å². The molecule has 2 unspecified atom stereocenters. The van der Waals surface area contributed by atoms with E-state index in [4.69, 9.17) is 9.15 Å². The second kappa shape index (κ2) is 8.72. The van der Waals surface area contributed by atoms with E-state index in [1.165, 1.54) is 30.5 Å². The first kappa shape index (κ1) is 23.4. The van der Waals surface area contributed by atoms with E-state index >= 15 is 0 Å². The lowest BCUT2D eigenvalue weighted by Gasteiger charge is -2.32. The number of benzene rings is 1. The predicted molar refractivity (Wildman–Crippen MR) is 128 cm³/mol. The van der Waals surface area contributed by atoms with E-state index in [9.17, 15) is 14.0 Å². The molecule has 5 rings (SSSR count). The monoisotopic (exact) mass is 499 g/mol. The van der Waals surface area contributed by atoms with Crippen LogP contribution in [0.2, 0.25) is 0 Å². The summed E-state index contributed by atoms with van der Waals surface area (Å²) in [6.45, 7) is 6.69. The number of aryl methyl sites for hydroxylation is 3. The first-order valence-electron chi connectivity index (χ1n) is 11.2. The minimum Gasteiger partial charge on any atom is -0.489 e. The molecule has 0 bridgehead atoms. The van der Waals surface area contributed by atoms with E-state index in [-0.39, 0.29) is 23.7 Å². The predicted octanol–water partition coefficient (Wildman–Crippen LogP) is 3.54. The summed E-state index contributed by atoms with van der Waals surface area (Å²) < 4.78 is 30.3. The van der Waals surface area contributed by atoms with E-state index in [1.54, 1.807) is 36.4 Å². The van der Waals surface area contributed by atoms with Crippen molar-refractivity contribution < 1.29 is 23.1 Å². The van der Waals surface area contributed by atoms with Crippen molar-refractivity contribution in [3.05, 3.63) is 59.3 Å². The average molecular weight is 500 g/mol. The number of anilines is 1. The molecule has 2 aromatic heterocycles. The van der Waals surface area contributed by atoms with Gasteiger partial charge in [0.05, 0.1) is 11.5 Å². The highest BCUT2D eigenvalue weighted by Crippen LogP contribution is 2.41. The molecular weight excluding hydrogens is 473 g/mol. The van der Waals surface area contributed by atoms with Gasteiger partial charge in [-0.1, -0.05) is 6.92 Å². The fourth-order valence-corrected chi connectivity index (χ4v) is 5.62. The van der Waals surface area contributed by atoms with Gasteiger partial charge in [0.15, 0.2) is 23.5 Å². The van der Waals surface area contributed by atoms with Gasteiger partial charge in [-0.25, -0.2) is 9.37 Å². The summed E-state index contributed by atoms with van der Waals surface area (Å²) in [6, 6.07) is 4.40. The van der Waals surface area contributed by atoms with Crippen molar-refractivity contribution in [2.45, 2.75) is 31.7 Å². The molecule has 1 fully saturated rings. The van der Waals surface area contributed by atoms with Crippen LogP contribution >= 0.6 is 11.9 Å². The number of halogens is 1. The van der Waals surface area contributed by atoms with Gasteiger partial charge in [0.2, 0.25) is 0 Å². The van der Waals surface area contributed by atoms with Gasteiger partial charge in [-0.05, 0) is 49.6 Å². The van der Waals surface area contributed by atoms with Crippen molar-refractivity contribution >= 4 is 29.4 Å². The highest BCUT2D eigenvalue weighted by Gasteiger charge is 2.47. The maximum absolute atomic E-state index is 13.6. The Morgan fingerprint density at radius 3 is 2.86 bits per heavy atom. The molecule has 0 spiro atoms.